The quantitative estimate of drug-likeness (QED) is 0.390. The molecule has 1 atom stereocenters. The van der Waals surface area contributed by atoms with Gasteiger partial charge in [0.15, 0.2) is 0 Å². The summed E-state index contributed by atoms with van der Waals surface area (Å²) in [7, 11) is 0. The molecule has 0 unspecified atom stereocenters. The molecule has 1 fully saturated rings. The molecule has 1 N–H and O–H groups in total. The molecule has 1 aromatic heterocycles. The number of nitrogens with zero attached hydrogens (tertiary/aromatic N) is 4. The van der Waals surface area contributed by atoms with Gasteiger partial charge in [0.05, 0.1) is 12.6 Å². The van der Waals surface area contributed by atoms with E-state index in [2.05, 4.69) is 62.7 Å². The number of piperazine rings is 1. The van der Waals surface area contributed by atoms with Crippen LogP contribution in [-0.4, -0.2) is 78.0 Å². The van der Waals surface area contributed by atoms with Gasteiger partial charge in [0, 0.05) is 63.2 Å². The summed E-state index contributed by atoms with van der Waals surface area (Å²) in [6, 6.07) is 20.9. The Hall–Kier alpha value is -2.71. The number of benzene rings is 2. The number of rotatable bonds is 12. The lowest BCUT2D eigenvalue weighted by Crippen LogP contribution is -2.48. The summed E-state index contributed by atoms with van der Waals surface area (Å²) < 4.78 is 7.49. The van der Waals surface area contributed by atoms with E-state index in [0.717, 1.165) is 50.7 Å². The van der Waals surface area contributed by atoms with Gasteiger partial charge in [-0.3, -0.25) is 19.3 Å². The van der Waals surface area contributed by atoms with Gasteiger partial charge in [-0.05, 0) is 35.7 Å². The second kappa shape index (κ2) is 13.4. The minimum Gasteiger partial charge on any atom is -0.370 e. The van der Waals surface area contributed by atoms with E-state index in [1.165, 1.54) is 11.1 Å². The molecule has 2 heterocycles. The normalized spacial score (nSPS) is 15.7. The number of hydrogen-bond acceptors (Lipinski definition) is 5. The van der Waals surface area contributed by atoms with Gasteiger partial charge in [0.2, 0.25) is 5.91 Å². The zero-order valence-electron chi connectivity index (χ0n) is 20.1. The lowest BCUT2D eigenvalue weighted by molar-refractivity contribution is -0.125. The molecule has 0 radical (unpaired) electrons. The highest BCUT2D eigenvalue weighted by molar-refractivity contribution is 6.30. The van der Waals surface area contributed by atoms with Gasteiger partial charge in [-0.25, -0.2) is 0 Å². The average molecular weight is 496 g/mol. The summed E-state index contributed by atoms with van der Waals surface area (Å²) in [5, 5.41) is 7.81. The Morgan fingerprint density at radius 1 is 0.971 bits per heavy atom. The molecule has 0 saturated carbocycles. The van der Waals surface area contributed by atoms with Crippen molar-refractivity contribution in [2.24, 2.45) is 0 Å². The zero-order valence-corrected chi connectivity index (χ0v) is 20.8. The molecule has 0 bridgehead atoms. The third kappa shape index (κ3) is 7.90. The van der Waals surface area contributed by atoms with Crippen LogP contribution < -0.4 is 5.32 Å². The van der Waals surface area contributed by atoms with Crippen molar-refractivity contribution in [3.8, 4) is 0 Å². The van der Waals surface area contributed by atoms with Crippen LogP contribution in [0.15, 0.2) is 73.1 Å². The summed E-state index contributed by atoms with van der Waals surface area (Å²) in [4.78, 5) is 16.9. The van der Waals surface area contributed by atoms with Gasteiger partial charge in [-0.15, -0.1) is 0 Å². The van der Waals surface area contributed by atoms with Crippen molar-refractivity contribution in [1.29, 1.82) is 0 Å². The molecule has 0 aliphatic carbocycles. The van der Waals surface area contributed by atoms with E-state index < -0.39 is 0 Å². The highest BCUT2D eigenvalue weighted by Gasteiger charge is 2.26. The molecule has 1 aliphatic heterocycles. The summed E-state index contributed by atoms with van der Waals surface area (Å²) in [5.41, 5.74) is 2.55. The lowest BCUT2D eigenvalue weighted by atomic mass is 9.96. The highest BCUT2D eigenvalue weighted by atomic mass is 35.5. The molecule has 4 rings (SSSR count). The molecular weight excluding hydrogens is 462 g/mol. The number of halogens is 1. The van der Waals surface area contributed by atoms with Gasteiger partial charge >= 0.3 is 0 Å². The molecule has 1 saturated heterocycles. The molecule has 1 amide bonds. The SMILES string of the molecule is O=C(COCCN1CCN([C@H](c2ccccc2)c2ccc(Cl)cc2)CC1)NCCCn1cccn1. The Balaban J connectivity index is 1.16. The largest absolute Gasteiger partial charge is 0.370 e. The van der Waals surface area contributed by atoms with E-state index >= 15 is 0 Å². The van der Waals surface area contributed by atoms with Gasteiger partial charge in [-0.1, -0.05) is 54.1 Å². The van der Waals surface area contributed by atoms with Crippen molar-refractivity contribution in [2.45, 2.75) is 19.0 Å². The number of amides is 1. The third-order valence-electron chi connectivity index (χ3n) is 6.30. The van der Waals surface area contributed by atoms with Crippen LogP contribution in [0.5, 0.6) is 0 Å². The van der Waals surface area contributed by atoms with Crippen molar-refractivity contribution < 1.29 is 9.53 Å². The molecule has 35 heavy (non-hydrogen) atoms. The number of hydrogen-bond donors (Lipinski definition) is 1. The number of nitrogens with one attached hydrogen (secondary N) is 1. The lowest BCUT2D eigenvalue weighted by Gasteiger charge is -2.39. The van der Waals surface area contributed by atoms with Crippen molar-refractivity contribution >= 4 is 17.5 Å². The minimum atomic E-state index is -0.0658. The number of aromatic nitrogens is 2. The Morgan fingerprint density at radius 2 is 1.71 bits per heavy atom. The molecule has 7 nitrogen and oxygen atoms in total. The highest BCUT2D eigenvalue weighted by Crippen LogP contribution is 2.30. The fourth-order valence-corrected chi connectivity index (χ4v) is 4.58. The first-order valence-corrected chi connectivity index (χ1v) is 12.7. The summed E-state index contributed by atoms with van der Waals surface area (Å²) in [6.07, 6.45) is 4.52. The standard InChI is InChI=1S/C27H34ClN5O2/c28-25-10-8-24(9-11-25)27(23-6-2-1-3-7-23)32-18-16-31(17-19-32)20-21-35-22-26(34)29-12-4-14-33-15-5-13-30-33/h1-3,5-11,13,15,27H,4,12,14,16-22H2,(H,29,34)/t27-/m1/s1. The van der Waals surface area contributed by atoms with Crippen molar-refractivity contribution in [3.63, 3.8) is 0 Å². The van der Waals surface area contributed by atoms with Gasteiger partial charge in [-0.2, -0.15) is 5.10 Å². The molecular formula is C27H34ClN5O2. The number of carbonyl (C=O) groups excluding carboxylic acids is 1. The van der Waals surface area contributed by atoms with Crippen LogP contribution in [0, 0.1) is 0 Å². The summed E-state index contributed by atoms with van der Waals surface area (Å²) >= 11 is 6.14. The molecule has 0 spiro atoms. The van der Waals surface area contributed by atoms with Crippen molar-refractivity contribution in [1.82, 2.24) is 24.9 Å². The molecule has 2 aromatic carbocycles. The smallest absolute Gasteiger partial charge is 0.245 e. The van der Waals surface area contributed by atoms with E-state index in [-0.39, 0.29) is 18.6 Å². The Kier molecular flexibility index (Phi) is 9.72. The van der Waals surface area contributed by atoms with Crippen LogP contribution in [0.2, 0.25) is 5.02 Å². The number of ether oxygens (including phenoxy) is 1. The first kappa shape index (κ1) is 25.4. The first-order chi connectivity index (χ1) is 17.2. The predicted molar refractivity (Wildman–Crippen MR) is 138 cm³/mol. The maximum Gasteiger partial charge on any atom is 0.245 e. The molecule has 186 valence electrons. The van der Waals surface area contributed by atoms with Gasteiger partial charge in [0.1, 0.15) is 6.61 Å². The molecule has 3 aromatic rings. The maximum absolute atomic E-state index is 12.0. The monoisotopic (exact) mass is 495 g/mol. The fourth-order valence-electron chi connectivity index (χ4n) is 4.45. The fraction of sp³-hybridized carbons (Fsp3) is 0.407. The van der Waals surface area contributed by atoms with E-state index in [4.69, 9.17) is 16.3 Å². The molecule has 1 aliphatic rings. The summed E-state index contributed by atoms with van der Waals surface area (Å²) in [6.45, 7) is 6.80. The van der Waals surface area contributed by atoms with Gasteiger partial charge in [0.25, 0.3) is 0 Å². The molecule has 8 heteroatoms. The van der Waals surface area contributed by atoms with Crippen LogP contribution in [0.1, 0.15) is 23.6 Å². The van der Waals surface area contributed by atoms with E-state index in [9.17, 15) is 4.79 Å². The van der Waals surface area contributed by atoms with Gasteiger partial charge < -0.3 is 10.1 Å². The van der Waals surface area contributed by atoms with E-state index in [1.54, 1.807) is 6.20 Å². The Labute approximate surface area is 212 Å². The predicted octanol–water partition coefficient (Wildman–Crippen LogP) is 3.47. The van der Waals surface area contributed by atoms with Crippen LogP contribution in [-0.2, 0) is 16.1 Å². The third-order valence-corrected chi connectivity index (χ3v) is 6.56. The van der Waals surface area contributed by atoms with Crippen LogP contribution >= 0.6 is 11.6 Å². The van der Waals surface area contributed by atoms with Crippen molar-refractivity contribution in [2.75, 3.05) is 52.5 Å². The van der Waals surface area contributed by atoms with E-state index in [1.807, 2.05) is 29.1 Å². The second-order valence-corrected chi connectivity index (χ2v) is 9.20. The maximum atomic E-state index is 12.0. The Morgan fingerprint density at radius 3 is 2.43 bits per heavy atom. The van der Waals surface area contributed by atoms with E-state index in [0.29, 0.717) is 13.2 Å². The number of aryl methyl sites for hydroxylation is 1. The summed E-state index contributed by atoms with van der Waals surface area (Å²) in [5.74, 6) is -0.0658. The van der Waals surface area contributed by atoms with Crippen LogP contribution in [0.3, 0.4) is 0 Å². The second-order valence-electron chi connectivity index (χ2n) is 8.77. The van der Waals surface area contributed by atoms with Crippen molar-refractivity contribution in [3.05, 3.63) is 89.2 Å². The minimum absolute atomic E-state index is 0.0658. The first-order valence-electron chi connectivity index (χ1n) is 12.3. The topological polar surface area (TPSA) is 62.6 Å². The Bertz CT molecular complexity index is 1010. The van der Waals surface area contributed by atoms with Crippen LogP contribution in [0.25, 0.3) is 0 Å². The average Bonchev–Trinajstić information content (AvgIpc) is 3.41. The zero-order chi connectivity index (χ0) is 24.3. The number of carbonyl (C=O) groups is 1. The van der Waals surface area contributed by atoms with Crippen LogP contribution in [0.4, 0.5) is 0 Å².